The number of esters is 1. The van der Waals surface area contributed by atoms with Crippen LogP contribution in [0.2, 0.25) is 0 Å². The maximum atomic E-state index is 14.0. The van der Waals surface area contributed by atoms with Crippen LogP contribution in [0.4, 0.5) is 0 Å². The number of rotatable bonds is 9. The average molecular weight is 534 g/mol. The van der Waals surface area contributed by atoms with Gasteiger partial charge >= 0.3 is 5.97 Å². The van der Waals surface area contributed by atoms with E-state index in [-0.39, 0.29) is 29.9 Å². The molecule has 7 heteroatoms. The number of carbonyl (C=O) groups is 2. The van der Waals surface area contributed by atoms with Gasteiger partial charge in [-0.25, -0.2) is 0 Å². The van der Waals surface area contributed by atoms with E-state index < -0.39 is 11.8 Å². The van der Waals surface area contributed by atoms with Crippen LogP contribution in [0, 0.1) is 5.92 Å². The third kappa shape index (κ3) is 5.87. The van der Waals surface area contributed by atoms with Crippen LogP contribution in [0.15, 0.2) is 58.7 Å². The maximum Gasteiger partial charge on any atom is 0.315 e. The summed E-state index contributed by atoms with van der Waals surface area (Å²) < 4.78 is 22.9. The Morgan fingerprint density at radius 2 is 1.72 bits per heavy atom. The molecule has 39 heavy (non-hydrogen) atoms. The first-order valence-corrected chi connectivity index (χ1v) is 13.7. The zero-order chi connectivity index (χ0) is 28.3. The Bertz CT molecular complexity index is 1290. The molecular formula is C32H39NO6. The molecule has 0 saturated carbocycles. The molecule has 208 valence electrons. The van der Waals surface area contributed by atoms with Gasteiger partial charge in [0.1, 0.15) is 11.7 Å². The minimum Gasteiger partial charge on any atom is -0.493 e. The quantitative estimate of drug-likeness (QED) is 0.347. The van der Waals surface area contributed by atoms with Crippen molar-refractivity contribution in [2.75, 3.05) is 14.2 Å². The van der Waals surface area contributed by atoms with E-state index in [1.165, 1.54) is 0 Å². The lowest BCUT2D eigenvalue weighted by molar-refractivity contribution is -0.151. The van der Waals surface area contributed by atoms with Crippen molar-refractivity contribution in [3.8, 4) is 17.2 Å². The number of allylic oxidation sites excluding steroid dienone is 2. The highest BCUT2D eigenvalue weighted by atomic mass is 16.5. The second-order valence-electron chi connectivity index (χ2n) is 10.6. The predicted octanol–water partition coefficient (Wildman–Crippen LogP) is 6.41. The number of nitrogens with zero attached hydrogens (tertiary/aromatic N) is 1. The molecule has 0 aromatic heterocycles. The Kier molecular flexibility index (Phi) is 8.78. The SMILES string of the molecule is CC[C@@H](C)OC(=O)C1C(C)=NC2=C(C(=O)C[C@H](c3ccc(OC)c(OC)c3)C2)[C@@H]1c1ccccc1OC(C)C. The highest BCUT2D eigenvalue weighted by Crippen LogP contribution is 2.49. The van der Waals surface area contributed by atoms with Crippen LogP contribution in [-0.4, -0.2) is 43.9 Å². The van der Waals surface area contributed by atoms with Crippen molar-refractivity contribution < 1.29 is 28.5 Å². The Balaban J connectivity index is 1.81. The number of aliphatic imine (C=N–C) groups is 1. The highest BCUT2D eigenvalue weighted by Gasteiger charge is 2.46. The van der Waals surface area contributed by atoms with Gasteiger partial charge in [-0.2, -0.15) is 0 Å². The van der Waals surface area contributed by atoms with Crippen molar-refractivity contribution >= 4 is 17.5 Å². The lowest BCUT2D eigenvalue weighted by atomic mass is 9.69. The zero-order valence-corrected chi connectivity index (χ0v) is 23.9. The number of Topliss-reactive ketones (excluding diaryl/α,β-unsaturated/α-hetero) is 1. The molecule has 2 aromatic carbocycles. The number of methoxy groups -OCH3 is 2. The minimum absolute atomic E-state index is 0.0158. The fourth-order valence-corrected chi connectivity index (χ4v) is 5.50. The second-order valence-corrected chi connectivity index (χ2v) is 10.6. The van der Waals surface area contributed by atoms with Crippen molar-refractivity contribution in [1.82, 2.24) is 0 Å². The number of ketones is 1. The summed E-state index contributed by atoms with van der Waals surface area (Å²) in [5.41, 5.74) is 3.74. The van der Waals surface area contributed by atoms with Crippen molar-refractivity contribution in [3.05, 3.63) is 64.9 Å². The van der Waals surface area contributed by atoms with Crippen molar-refractivity contribution in [3.63, 3.8) is 0 Å². The van der Waals surface area contributed by atoms with Crippen LogP contribution in [-0.2, 0) is 14.3 Å². The lowest BCUT2D eigenvalue weighted by Gasteiger charge is -2.37. The number of ether oxygens (including phenoxy) is 4. The Morgan fingerprint density at radius 1 is 1.00 bits per heavy atom. The van der Waals surface area contributed by atoms with E-state index in [1.807, 2.05) is 77.1 Å². The van der Waals surface area contributed by atoms with Crippen LogP contribution in [0.3, 0.4) is 0 Å². The number of hydrogen-bond donors (Lipinski definition) is 0. The van der Waals surface area contributed by atoms with E-state index in [0.717, 1.165) is 16.8 Å². The van der Waals surface area contributed by atoms with Crippen LogP contribution in [0.1, 0.15) is 76.8 Å². The Labute approximate surface area is 231 Å². The van der Waals surface area contributed by atoms with E-state index in [9.17, 15) is 9.59 Å². The molecule has 7 nitrogen and oxygen atoms in total. The van der Waals surface area contributed by atoms with Crippen LogP contribution >= 0.6 is 0 Å². The molecule has 4 atom stereocenters. The molecule has 1 unspecified atom stereocenters. The molecule has 0 radical (unpaired) electrons. The Hall–Kier alpha value is -3.61. The molecule has 1 aliphatic carbocycles. The molecule has 0 bridgehead atoms. The van der Waals surface area contributed by atoms with E-state index in [0.29, 0.717) is 47.8 Å². The first-order chi connectivity index (χ1) is 18.7. The number of carbonyl (C=O) groups excluding carboxylic acids is 2. The average Bonchev–Trinajstić information content (AvgIpc) is 2.91. The van der Waals surface area contributed by atoms with Crippen LogP contribution in [0.25, 0.3) is 0 Å². The van der Waals surface area contributed by atoms with Gasteiger partial charge in [-0.15, -0.1) is 0 Å². The third-order valence-electron chi connectivity index (χ3n) is 7.53. The second kappa shape index (κ2) is 12.1. The largest absolute Gasteiger partial charge is 0.493 e. The van der Waals surface area contributed by atoms with Gasteiger partial charge in [0.25, 0.3) is 0 Å². The smallest absolute Gasteiger partial charge is 0.315 e. The summed E-state index contributed by atoms with van der Waals surface area (Å²) in [5.74, 6) is 0.220. The Morgan fingerprint density at radius 3 is 2.38 bits per heavy atom. The molecule has 1 aliphatic heterocycles. The summed E-state index contributed by atoms with van der Waals surface area (Å²) in [7, 11) is 3.20. The molecule has 2 aromatic rings. The van der Waals surface area contributed by atoms with Crippen molar-refractivity contribution in [1.29, 1.82) is 0 Å². The van der Waals surface area contributed by atoms with Crippen LogP contribution in [0.5, 0.6) is 17.2 Å². The first kappa shape index (κ1) is 28.4. The molecule has 4 rings (SSSR count). The van der Waals surface area contributed by atoms with Crippen molar-refractivity contribution in [2.45, 2.75) is 77.9 Å². The summed E-state index contributed by atoms with van der Waals surface area (Å²) in [6.45, 7) is 9.63. The third-order valence-corrected chi connectivity index (χ3v) is 7.53. The molecule has 1 heterocycles. The topological polar surface area (TPSA) is 83.4 Å². The van der Waals surface area contributed by atoms with E-state index >= 15 is 0 Å². The van der Waals surface area contributed by atoms with Gasteiger partial charge in [-0.05, 0) is 70.2 Å². The monoisotopic (exact) mass is 533 g/mol. The minimum atomic E-state index is -0.712. The number of para-hydroxylation sites is 1. The van der Waals surface area contributed by atoms with Gasteiger partial charge in [-0.1, -0.05) is 31.2 Å². The van der Waals surface area contributed by atoms with Gasteiger partial charge in [0, 0.05) is 34.9 Å². The predicted molar refractivity (Wildman–Crippen MR) is 151 cm³/mol. The van der Waals surface area contributed by atoms with E-state index in [2.05, 4.69) is 0 Å². The summed E-state index contributed by atoms with van der Waals surface area (Å²) in [6, 6.07) is 13.4. The van der Waals surface area contributed by atoms with E-state index in [1.54, 1.807) is 14.2 Å². The number of benzene rings is 2. The van der Waals surface area contributed by atoms with E-state index in [4.69, 9.17) is 23.9 Å². The van der Waals surface area contributed by atoms with Crippen LogP contribution < -0.4 is 14.2 Å². The first-order valence-electron chi connectivity index (χ1n) is 13.7. The van der Waals surface area contributed by atoms with Gasteiger partial charge in [0.15, 0.2) is 17.3 Å². The summed E-state index contributed by atoms with van der Waals surface area (Å²) in [4.78, 5) is 32.5. The highest BCUT2D eigenvalue weighted by molar-refractivity contribution is 6.09. The molecule has 0 saturated heterocycles. The summed E-state index contributed by atoms with van der Waals surface area (Å²) >= 11 is 0. The lowest BCUT2D eigenvalue weighted by Crippen LogP contribution is -2.39. The molecule has 0 N–H and O–H groups in total. The maximum absolute atomic E-state index is 14.0. The fourth-order valence-electron chi connectivity index (χ4n) is 5.50. The van der Waals surface area contributed by atoms with Crippen molar-refractivity contribution in [2.24, 2.45) is 10.9 Å². The molecular weight excluding hydrogens is 494 g/mol. The molecule has 2 aliphatic rings. The zero-order valence-electron chi connectivity index (χ0n) is 23.9. The summed E-state index contributed by atoms with van der Waals surface area (Å²) in [6.07, 6.45) is 1.27. The standard InChI is InChI=1S/C32H39NO6/c1-8-19(4)39-32(35)29-20(5)33-24-15-22(21-13-14-27(36-6)28(17-21)37-7)16-25(34)31(24)30(29)23-11-9-10-12-26(23)38-18(2)3/h9-14,17-19,22,29-30H,8,15-16H2,1-7H3/t19-,22-,29?,30-/m1/s1. The molecule has 0 amide bonds. The van der Waals surface area contributed by atoms with Gasteiger partial charge < -0.3 is 18.9 Å². The number of hydrogen-bond acceptors (Lipinski definition) is 7. The fraction of sp³-hybridized carbons (Fsp3) is 0.469. The normalized spacial score (nSPS) is 21.7. The van der Waals surface area contributed by atoms with Gasteiger partial charge in [0.05, 0.1) is 26.4 Å². The van der Waals surface area contributed by atoms with Gasteiger partial charge in [-0.3, -0.25) is 14.6 Å². The van der Waals surface area contributed by atoms with Gasteiger partial charge in [0.2, 0.25) is 0 Å². The molecule has 0 fully saturated rings. The molecule has 0 spiro atoms. The summed E-state index contributed by atoms with van der Waals surface area (Å²) in [5, 5.41) is 0.